The summed E-state index contributed by atoms with van der Waals surface area (Å²) in [5.74, 6) is 0. The third-order valence-electron chi connectivity index (χ3n) is 2.88. The van der Waals surface area contributed by atoms with Crippen LogP contribution >= 0.6 is 23.2 Å². The van der Waals surface area contributed by atoms with Gasteiger partial charge in [0.25, 0.3) is 0 Å². The van der Waals surface area contributed by atoms with Crippen LogP contribution in [-0.4, -0.2) is 38.4 Å². The number of halogens is 2. The molecular weight excluding hydrogens is 295 g/mol. The molecule has 1 aromatic carbocycles. The first-order valence-corrected chi connectivity index (χ1v) is 7.79. The molecule has 4 nitrogen and oxygen atoms in total. The summed E-state index contributed by atoms with van der Waals surface area (Å²) in [7, 11) is -3.53. The van der Waals surface area contributed by atoms with Crippen LogP contribution in [0.4, 0.5) is 0 Å². The molecule has 1 aliphatic heterocycles. The van der Waals surface area contributed by atoms with Gasteiger partial charge in [-0.25, -0.2) is 8.42 Å². The van der Waals surface area contributed by atoms with E-state index in [0.717, 1.165) is 0 Å². The van der Waals surface area contributed by atoms with E-state index in [4.69, 9.17) is 23.2 Å². The monoisotopic (exact) mass is 308 g/mol. The molecule has 0 radical (unpaired) electrons. The number of hydrogen-bond donors (Lipinski definition) is 1. The quantitative estimate of drug-likeness (QED) is 0.909. The number of nitrogens with one attached hydrogen (secondary N) is 1. The molecule has 1 atom stereocenters. The van der Waals surface area contributed by atoms with Crippen LogP contribution in [0.15, 0.2) is 23.1 Å². The summed E-state index contributed by atoms with van der Waals surface area (Å²) in [4.78, 5) is 0.147. The fourth-order valence-electron chi connectivity index (χ4n) is 1.99. The van der Waals surface area contributed by atoms with Crippen LogP contribution in [0.2, 0.25) is 10.0 Å². The van der Waals surface area contributed by atoms with Crippen LogP contribution in [0.25, 0.3) is 0 Å². The molecule has 2 rings (SSSR count). The summed E-state index contributed by atoms with van der Waals surface area (Å²) >= 11 is 11.7. The van der Waals surface area contributed by atoms with Crippen LogP contribution < -0.4 is 5.32 Å². The minimum absolute atomic E-state index is 0.0819. The van der Waals surface area contributed by atoms with E-state index < -0.39 is 10.0 Å². The van der Waals surface area contributed by atoms with Crippen molar-refractivity contribution >= 4 is 33.2 Å². The molecule has 0 amide bonds. The molecule has 0 saturated carbocycles. The van der Waals surface area contributed by atoms with Gasteiger partial charge in [-0.15, -0.1) is 0 Å². The molecule has 7 heteroatoms. The van der Waals surface area contributed by atoms with Crippen LogP contribution in [0.3, 0.4) is 0 Å². The van der Waals surface area contributed by atoms with Gasteiger partial charge in [-0.05, 0) is 25.1 Å². The van der Waals surface area contributed by atoms with Gasteiger partial charge < -0.3 is 5.32 Å². The maximum Gasteiger partial charge on any atom is 0.243 e. The second-order valence-corrected chi connectivity index (χ2v) is 7.04. The first-order valence-electron chi connectivity index (χ1n) is 5.60. The normalized spacial score (nSPS) is 22.1. The van der Waals surface area contributed by atoms with E-state index in [1.807, 2.05) is 6.92 Å². The highest BCUT2D eigenvalue weighted by Crippen LogP contribution is 2.26. The minimum atomic E-state index is -3.53. The molecular formula is C11H14Cl2N2O2S. The summed E-state index contributed by atoms with van der Waals surface area (Å²) in [6.07, 6.45) is 0. The molecule has 18 heavy (non-hydrogen) atoms. The molecule has 0 aliphatic carbocycles. The van der Waals surface area contributed by atoms with Gasteiger partial charge in [0, 0.05) is 35.7 Å². The summed E-state index contributed by atoms with van der Waals surface area (Å²) < 4.78 is 26.4. The highest BCUT2D eigenvalue weighted by molar-refractivity contribution is 7.89. The van der Waals surface area contributed by atoms with Crippen molar-refractivity contribution in [3.63, 3.8) is 0 Å². The Balaban J connectivity index is 2.40. The van der Waals surface area contributed by atoms with Crippen LogP contribution in [0, 0.1) is 0 Å². The van der Waals surface area contributed by atoms with Crippen molar-refractivity contribution in [3.05, 3.63) is 28.2 Å². The van der Waals surface area contributed by atoms with E-state index in [1.165, 1.54) is 22.5 Å². The maximum atomic E-state index is 12.5. The third kappa shape index (κ3) is 2.81. The van der Waals surface area contributed by atoms with Gasteiger partial charge in [0.1, 0.15) is 0 Å². The standard InChI is InChI=1S/C11H14Cl2N2O2S/c1-8-7-14-2-3-15(8)18(16,17)11-5-9(12)4-10(13)6-11/h4-6,8,14H,2-3,7H2,1H3/t8-/m1/s1. The van der Waals surface area contributed by atoms with Gasteiger partial charge in [-0.2, -0.15) is 4.31 Å². The SMILES string of the molecule is C[C@@H]1CNCCN1S(=O)(=O)c1cc(Cl)cc(Cl)c1. The summed E-state index contributed by atoms with van der Waals surface area (Å²) in [6, 6.07) is 4.29. The number of piperazine rings is 1. The Kier molecular flexibility index (Phi) is 4.18. The zero-order valence-corrected chi connectivity index (χ0v) is 12.2. The van der Waals surface area contributed by atoms with Crippen LogP contribution in [0.1, 0.15) is 6.92 Å². The molecule has 0 unspecified atom stereocenters. The zero-order chi connectivity index (χ0) is 13.3. The number of nitrogens with zero attached hydrogens (tertiary/aromatic N) is 1. The summed E-state index contributed by atoms with van der Waals surface area (Å²) in [6.45, 7) is 3.62. The Bertz CT molecular complexity index is 528. The molecule has 1 aliphatic rings. The van der Waals surface area contributed by atoms with E-state index in [0.29, 0.717) is 29.7 Å². The number of sulfonamides is 1. The lowest BCUT2D eigenvalue weighted by Gasteiger charge is -2.32. The first kappa shape index (κ1) is 14.1. The Labute approximate surface area is 117 Å². The molecule has 1 heterocycles. The molecule has 1 aromatic rings. The highest BCUT2D eigenvalue weighted by Gasteiger charge is 2.31. The van der Waals surface area contributed by atoms with Gasteiger partial charge in [-0.3, -0.25) is 0 Å². The lowest BCUT2D eigenvalue weighted by molar-refractivity contribution is 0.284. The van der Waals surface area contributed by atoms with Gasteiger partial charge in [0.2, 0.25) is 10.0 Å². The Morgan fingerprint density at radius 3 is 2.44 bits per heavy atom. The molecule has 0 spiro atoms. The Hall–Kier alpha value is -0.330. The van der Waals surface area contributed by atoms with Crippen molar-refractivity contribution in [1.82, 2.24) is 9.62 Å². The molecule has 1 N–H and O–H groups in total. The molecule has 1 fully saturated rings. The smallest absolute Gasteiger partial charge is 0.243 e. The van der Waals surface area contributed by atoms with Crippen molar-refractivity contribution in [2.45, 2.75) is 17.9 Å². The fraction of sp³-hybridized carbons (Fsp3) is 0.455. The predicted octanol–water partition coefficient (Wildman–Crippen LogP) is 1.98. The largest absolute Gasteiger partial charge is 0.314 e. The lowest BCUT2D eigenvalue weighted by atomic mass is 10.3. The van der Waals surface area contributed by atoms with E-state index in [9.17, 15) is 8.42 Å². The van der Waals surface area contributed by atoms with Crippen molar-refractivity contribution in [3.8, 4) is 0 Å². The van der Waals surface area contributed by atoms with Gasteiger partial charge in [0.15, 0.2) is 0 Å². The second kappa shape index (κ2) is 5.35. The lowest BCUT2D eigenvalue weighted by Crippen LogP contribution is -2.52. The van der Waals surface area contributed by atoms with Crippen LogP contribution in [0.5, 0.6) is 0 Å². The number of rotatable bonds is 2. The molecule has 0 aromatic heterocycles. The predicted molar refractivity (Wildman–Crippen MR) is 72.7 cm³/mol. The second-order valence-electron chi connectivity index (χ2n) is 4.27. The van der Waals surface area contributed by atoms with E-state index >= 15 is 0 Å². The summed E-state index contributed by atoms with van der Waals surface area (Å²) in [5.41, 5.74) is 0. The molecule has 0 bridgehead atoms. The van der Waals surface area contributed by atoms with Gasteiger partial charge in [-0.1, -0.05) is 23.2 Å². The number of hydrogen-bond acceptors (Lipinski definition) is 3. The van der Waals surface area contributed by atoms with Crippen molar-refractivity contribution in [1.29, 1.82) is 0 Å². The van der Waals surface area contributed by atoms with Crippen LogP contribution in [-0.2, 0) is 10.0 Å². The zero-order valence-electron chi connectivity index (χ0n) is 9.86. The van der Waals surface area contributed by atoms with E-state index in [-0.39, 0.29) is 10.9 Å². The van der Waals surface area contributed by atoms with Gasteiger partial charge in [0.05, 0.1) is 4.90 Å². The fourth-order valence-corrected chi connectivity index (χ4v) is 4.35. The molecule has 1 saturated heterocycles. The van der Waals surface area contributed by atoms with Crippen molar-refractivity contribution < 1.29 is 8.42 Å². The molecule has 100 valence electrons. The van der Waals surface area contributed by atoms with Gasteiger partial charge >= 0.3 is 0 Å². The Morgan fingerprint density at radius 1 is 1.28 bits per heavy atom. The third-order valence-corrected chi connectivity index (χ3v) is 5.31. The summed E-state index contributed by atoms with van der Waals surface area (Å²) in [5, 5.41) is 3.80. The first-order chi connectivity index (χ1) is 8.41. The average molecular weight is 309 g/mol. The highest BCUT2D eigenvalue weighted by atomic mass is 35.5. The average Bonchev–Trinajstić information content (AvgIpc) is 2.28. The maximum absolute atomic E-state index is 12.5. The van der Waals surface area contributed by atoms with Crippen molar-refractivity contribution in [2.24, 2.45) is 0 Å². The number of benzene rings is 1. The van der Waals surface area contributed by atoms with E-state index in [1.54, 1.807) is 0 Å². The van der Waals surface area contributed by atoms with Crippen molar-refractivity contribution in [2.75, 3.05) is 19.6 Å². The minimum Gasteiger partial charge on any atom is -0.314 e. The Morgan fingerprint density at radius 2 is 1.89 bits per heavy atom. The van der Waals surface area contributed by atoms with E-state index in [2.05, 4.69) is 5.32 Å². The topological polar surface area (TPSA) is 49.4 Å².